The van der Waals surface area contributed by atoms with Crippen LogP contribution in [0.2, 0.25) is 0 Å². The number of aryl methyl sites for hydroxylation is 2. The van der Waals surface area contributed by atoms with Gasteiger partial charge >= 0.3 is 0 Å². The van der Waals surface area contributed by atoms with E-state index in [2.05, 4.69) is 15.0 Å². The fourth-order valence-corrected chi connectivity index (χ4v) is 4.27. The molecule has 0 spiro atoms. The number of amides is 1. The first-order chi connectivity index (χ1) is 13.2. The van der Waals surface area contributed by atoms with Crippen LogP contribution in [0, 0.1) is 13.8 Å². The number of rotatable bonds is 6. The van der Waals surface area contributed by atoms with Crippen LogP contribution in [0.1, 0.15) is 15.4 Å². The zero-order chi connectivity index (χ0) is 20.3. The van der Waals surface area contributed by atoms with E-state index in [9.17, 15) is 13.2 Å². The van der Waals surface area contributed by atoms with Crippen LogP contribution in [0.4, 0.5) is 11.4 Å². The van der Waals surface area contributed by atoms with E-state index >= 15 is 0 Å². The lowest BCUT2D eigenvalue weighted by atomic mass is 10.1. The fraction of sp³-hybridized carbons (Fsp3) is 0.200. The standard InChI is InChI=1S/C20H21N3O3S2/c1-13-6-4-5-7-17(13)21-18(24)12-19-22-20(14(2)27-19)15-8-10-16(11-9-15)23-28(3,25)26/h4-11,23H,12H2,1-3H3,(H,21,24). The lowest BCUT2D eigenvalue weighted by Crippen LogP contribution is -2.14. The van der Waals surface area contributed by atoms with Crippen LogP contribution < -0.4 is 10.0 Å². The number of aromatic nitrogens is 1. The molecule has 146 valence electrons. The Kier molecular flexibility index (Phi) is 5.81. The number of anilines is 2. The number of hydrogen-bond donors (Lipinski definition) is 2. The molecule has 0 unspecified atom stereocenters. The van der Waals surface area contributed by atoms with Crippen LogP contribution in [0.25, 0.3) is 11.3 Å². The second kappa shape index (κ2) is 8.12. The monoisotopic (exact) mass is 415 g/mol. The number of para-hydroxylation sites is 1. The third-order valence-corrected chi connectivity index (χ3v) is 5.61. The Morgan fingerprint density at radius 2 is 1.75 bits per heavy atom. The van der Waals surface area contributed by atoms with Gasteiger partial charge in [0, 0.05) is 21.8 Å². The van der Waals surface area contributed by atoms with E-state index in [4.69, 9.17) is 0 Å². The zero-order valence-electron chi connectivity index (χ0n) is 15.8. The number of carbonyl (C=O) groups is 1. The van der Waals surface area contributed by atoms with Gasteiger partial charge in [0.15, 0.2) is 0 Å². The molecule has 0 fully saturated rings. The van der Waals surface area contributed by atoms with Gasteiger partial charge in [0.25, 0.3) is 0 Å². The lowest BCUT2D eigenvalue weighted by molar-refractivity contribution is -0.115. The van der Waals surface area contributed by atoms with Gasteiger partial charge < -0.3 is 5.32 Å². The Morgan fingerprint density at radius 3 is 2.39 bits per heavy atom. The minimum absolute atomic E-state index is 0.109. The SMILES string of the molecule is Cc1ccccc1NC(=O)Cc1nc(-c2ccc(NS(C)(=O)=O)cc2)c(C)s1. The summed E-state index contributed by atoms with van der Waals surface area (Å²) >= 11 is 1.48. The van der Waals surface area contributed by atoms with E-state index in [1.54, 1.807) is 12.1 Å². The molecular weight excluding hydrogens is 394 g/mol. The van der Waals surface area contributed by atoms with Crippen LogP contribution in [0.5, 0.6) is 0 Å². The number of benzene rings is 2. The van der Waals surface area contributed by atoms with E-state index < -0.39 is 10.0 Å². The summed E-state index contributed by atoms with van der Waals surface area (Å²) in [5.41, 5.74) is 3.98. The molecule has 6 nitrogen and oxygen atoms in total. The molecule has 0 saturated heterocycles. The van der Waals surface area contributed by atoms with E-state index in [1.807, 2.05) is 50.2 Å². The van der Waals surface area contributed by atoms with Gasteiger partial charge in [-0.2, -0.15) is 0 Å². The molecule has 2 N–H and O–H groups in total. The highest BCUT2D eigenvalue weighted by molar-refractivity contribution is 7.92. The molecule has 3 rings (SSSR count). The molecule has 0 aliphatic rings. The topological polar surface area (TPSA) is 88.2 Å². The van der Waals surface area contributed by atoms with E-state index in [1.165, 1.54) is 11.3 Å². The van der Waals surface area contributed by atoms with Gasteiger partial charge in [-0.3, -0.25) is 9.52 Å². The molecule has 0 aliphatic carbocycles. The van der Waals surface area contributed by atoms with Crippen molar-refractivity contribution in [1.29, 1.82) is 0 Å². The molecular formula is C20H21N3O3S2. The van der Waals surface area contributed by atoms with Crippen LogP contribution >= 0.6 is 11.3 Å². The van der Waals surface area contributed by atoms with Crippen molar-refractivity contribution in [2.45, 2.75) is 20.3 Å². The molecule has 1 amide bonds. The number of carbonyl (C=O) groups excluding carboxylic acids is 1. The van der Waals surface area contributed by atoms with Crippen molar-refractivity contribution in [3.05, 3.63) is 64.0 Å². The zero-order valence-corrected chi connectivity index (χ0v) is 17.4. The molecule has 0 saturated carbocycles. The number of hydrogen-bond acceptors (Lipinski definition) is 5. The second-order valence-electron chi connectivity index (χ2n) is 6.50. The van der Waals surface area contributed by atoms with E-state index in [0.29, 0.717) is 5.69 Å². The van der Waals surface area contributed by atoms with Crippen LogP contribution in [0.15, 0.2) is 48.5 Å². The summed E-state index contributed by atoms with van der Waals surface area (Å²) in [6, 6.07) is 14.6. The van der Waals surface area contributed by atoms with Crippen LogP contribution in [-0.2, 0) is 21.2 Å². The number of nitrogens with zero attached hydrogens (tertiary/aromatic N) is 1. The number of nitrogens with one attached hydrogen (secondary N) is 2. The predicted octanol–water partition coefficient (Wildman–Crippen LogP) is 3.98. The maximum Gasteiger partial charge on any atom is 0.231 e. The van der Waals surface area contributed by atoms with Crippen molar-refractivity contribution >= 4 is 38.6 Å². The highest BCUT2D eigenvalue weighted by Gasteiger charge is 2.14. The summed E-state index contributed by atoms with van der Waals surface area (Å²) in [5, 5.41) is 3.65. The van der Waals surface area contributed by atoms with Crippen molar-refractivity contribution in [3.63, 3.8) is 0 Å². The highest BCUT2D eigenvalue weighted by atomic mass is 32.2. The molecule has 0 atom stereocenters. The van der Waals surface area contributed by atoms with Gasteiger partial charge in [0.05, 0.1) is 18.4 Å². The molecule has 8 heteroatoms. The molecule has 2 aromatic carbocycles. The Morgan fingerprint density at radius 1 is 1.07 bits per heavy atom. The summed E-state index contributed by atoms with van der Waals surface area (Å²) in [5.74, 6) is -0.109. The van der Waals surface area contributed by atoms with Crippen molar-refractivity contribution in [3.8, 4) is 11.3 Å². The summed E-state index contributed by atoms with van der Waals surface area (Å²) in [7, 11) is -3.31. The lowest BCUT2D eigenvalue weighted by Gasteiger charge is -2.06. The van der Waals surface area contributed by atoms with Crippen molar-refractivity contribution in [2.75, 3.05) is 16.3 Å². The minimum atomic E-state index is -3.31. The third kappa shape index (κ3) is 5.17. The van der Waals surface area contributed by atoms with Gasteiger partial charge in [-0.15, -0.1) is 11.3 Å². The van der Waals surface area contributed by atoms with E-state index in [0.717, 1.165) is 38.6 Å². The van der Waals surface area contributed by atoms with Crippen LogP contribution in [0.3, 0.4) is 0 Å². The van der Waals surface area contributed by atoms with Crippen LogP contribution in [-0.4, -0.2) is 25.6 Å². The summed E-state index contributed by atoms with van der Waals surface area (Å²) < 4.78 is 25.1. The Bertz CT molecular complexity index is 1100. The molecule has 1 heterocycles. The Balaban J connectivity index is 1.72. The largest absolute Gasteiger partial charge is 0.325 e. The average Bonchev–Trinajstić information content (AvgIpc) is 2.96. The fourth-order valence-electron chi connectivity index (χ4n) is 2.75. The summed E-state index contributed by atoms with van der Waals surface area (Å²) in [4.78, 5) is 18.0. The van der Waals surface area contributed by atoms with Gasteiger partial charge in [-0.25, -0.2) is 13.4 Å². The summed E-state index contributed by atoms with van der Waals surface area (Å²) in [6.45, 7) is 3.90. The molecule has 3 aromatic rings. The Hall–Kier alpha value is -2.71. The normalized spacial score (nSPS) is 11.2. The van der Waals surface area contributed by atoms with Gasteiger partial charge in [-0.05, 0) is 37.6 Å². The first-order valence-corrected chi connectivity index (χ1v) is 11.3. The second-order valence-corrected chi connectivity index (χ2v) is 9.54. The molecule has 0 radical (unpaired) electrons. The molecule has 28 heavy (non-hydrogen) atoms. The molecule has 0 aliphatic heterocycles. The Labute approximate surface area is 168 Å². The molecule has 0 bridgehead atoms. The average molecular weight is 416 g/mol. The third-order valence-electron chi connectivity index (χ3n) is 4.03. The van der Waals surface area contributed by atoms with Crippen molar-refractivity contribution in [1.82, 2.24) is 4.98 Å². The highest BCUT2D eigenvalue weighted by Crippen LogP contribution is 2.29. The number of thiazole rings is 1. The summed E-state index contributed by atoms with van der Waals surface area (Å²) in [6.07, 6.45) is 1.31. The first-order valence-electron chi connectivity index (χ1n) is 8.61. The van der Waals surface area contributed by atoms with Gasteiger partial charge in [0.1, 0.15) is 5.01 Å². The van der Waals surface area contributed by atoms with E-state index in [-0.39, 0.29) is 12.3 Å². The van der Waals surface area contributed by atoms with Crippen molar-refractivity contribution in [2.24, 2.45) is 0 Å². The first kappa shape index (κ1) is 20.0. The molecule has 1 aromatic heterocycles. The smallest absolute Gasteiger partial charge is 0.231 e. The minimum Gasteiger partial charge on any atom is -0.325 e. The maximum absolute atomic E-state index is 12.4. The number of sulfonamides is 1. The quantitative estimate of drug-likeness (QED) is 0.637. The van der Waals surface area contributed by atoms with Gasteiger partial charge in [0.2, 0.25) is 15.9 Å². The predicted molar refractivity (Wildman–Crippen MR) is 114 cm³/mol. The van der Waals surface area contributed by atoms with Crippen molar-refractivity contribution < 1.29 is 13.2 Å². The van der Waals surface area contributed by atoms with Gasteiger partial charge in [-0.1, -0.05) is 30.3 Å². The maximum atomic E-state index is 12.4.